The Labute approximate surface area is 479 Å². The first-order valence-electron chi connectivity index (χ1n) is 31.4. The van der Waals surface area contributed by atoms with Crippen molar-refractivity contribution in [2.24, 2.45) is 17.8 Å². The van der Waals surface area contributed by atoms with Crippen molar-refractivity contribution in [1.29, 1.82) is 0 Å². The average molecular weight is 1170 g/mol. The Morgan fingerprint density at radius 1 is 0.367 bits per heavy atom. The van der Waals surface area contributed by atoms with Crippen LogP contribution in [0, 0.1) is 17.8 Å². The Hall–Kier alpha value is -1.94. The highest BCUT2D eigenvalue weighted by Crippen LogP contribution is 2.45. The third-order valence-electron chi connectivity index (χ3n) is 14.4. The van der Waals surface area contributed by atoms with E-state index in [1.807, 2.05) is 0 Å². The van der Waals surface area contributed by atoms with Crippen molar-refractivity contribution in [3.8, 4) is 0 Å². The third-order valence-corrected chi connectivity index (χ3v) is 16.3. The summed E-state index contributed by atoms with van der Waals surface area (Å²) in [5.41, 5.74) is 0. The molecule has 0 aromatic rings. The predicted octanol–water partition coefficient (Wildman–Crippen LogP) is 15.9. The standard InChI is InChI=1S/C60H116O17P2/c1-8-11-12-13-14-18-27-34-41-57(62)70-47-56(77-60(65)44-37-30-22-20-24-31-38-51(4)5)50-75-79(68,69)73-46-54(61)45-72-78(66,67)74-49-55(48-71-58(63)42-35-28-23-21-26-33-40-53(7)10-3)76-59(64)43-36-29-19-16-15-17-25-32-39-52(6)9-2/h51-56,61H,8-50H2,1-7H3,(H,66,67)(H,68,69)/t52?,53?,54-,55-,56-/m1/s1. The summed E-state index contributed by atoms with van der Waals surface area (Å²) in [7, 11) is -9.88. The quantitative estimate of drug-likeness (QED) is 0.0222. The van der Waals surface area contributed by atoms with Crippen LogP contribution in [-0.4, -0.2) is 96.7 Å². The van der Waals surface area contributed by atoms with Crippen LogP contribution >= 0.6 is 15.6 Å². The van der Waals surface area contributed by atoms with E-state index in [0.717, 1.165) is 115 Å². The molecule has 0 saturated heterocycles. The second-order valence-electron chi connectivity index (χ2n) is 22.7. The zero-order valence-corrected chi connectivity index (χ0v) is 52.6. The van der Waals surface area contributed by atoms with Crippen LogP contribution in [0.3, 0.4) is 0 Å². The molecule has 0 radical (unpaired) electrons. The van der Waals surface area contributed by atoms with Gasteiger partial charge in [0.1, 0.15) is 19.3 Å². The second kappa shape index (κ2) is 51.7. The number of phosphoric ester groups is 2. The molecule has 0 aromatic heterocycles. The van der Waals surface area contributed by atoms with Gasteiger partial charge in [0.05, 0.1) is 26.4 Å². The molecule has 0 bridgehead atoms. The predicted molar refractivity (Wildman–Crippen MR) is 312 cm³/mol. The van der Waals surface area contributed by atoms with Crippen LogP contribution in [0.25, 0.3) is 0 Å². The number of rotatable bonds is 58. The molecule has 7 atom stereocenters. The van der Waals surface area contributed by atoms with E-state index in [-0.39, 0.29) is 25.7 Å². The fraction of sp³-hybridized carbons (Fsp3) is 0.933. The topological polar surface area (TPSA) is 237 Å². The van der Waals surface area contributed by atoms with Crippen LogP contribution < -0.4 is 0 Å². The highest BCUT2D eigenvalue weighted by Gasteiger charge is 2.30. The van der Waals surface area contributed by atoms with Crippen molar-refractivity contribution < 1.29 is 80.2 Å². The van der Waals surface area contributed by atoms with Gasteiger partial charge in [0.15, 0.2) is 12.2 Å². The van der Waals surface area contributed by atoms with Crippen molar-refractivity contribution in [2.75, 3.05) is 39.6 Å². The molecule has 0 fully saturated rings. The Kier molecular flexibility index (Phi) is 50.4. The molecule has 79 heavy (non-hydrogen) atoms. The van der Waals surface area contributed by atoms with Crippen molar-refractivity contribution in [1.82, 2.24) is 0 Å². The van der Waals surface area contributed by atoms with E-state index < -0.39 is 97.5 Å². The van der Waals surface area contributed by atoms with Crippen molar-refractivity contribution in [3.63, 3.8) is 0 Å². The molecule has 468 valence electrons. The number of carbonyl (C=O) groups excluding carboxylic acids is 4. The van der Waals surface area contributed by atoms with Gasteiger partial charge in [-0.3, -0.25) is 37.3 Å². The van der Waals surface area contributed by atoms with Crippen LogP contribution in [0.15, 0.2) is 0 Å². The Morgan fingerprint density at radius 2 is 0.646 bits per heavy atom. The van der Waals surface area contributed by atoms with Crippen LogP contribution in [0.2, 0.25) is 0 Å². The third kappa shape index (κ3) is 52.6. The Balaban J connectivity index is 5.25. The summed E-state index contributed by atoms with van der Waals surface area (Å²) in [6, 6.07) is 0. The van der Waals surface area contributed by atoms with Gasteiger partial charge >= 0.3 is 39.5 Å². The summed E-state index contributed by atoms with van der Waals surface area (Å²) in [5.74, 6) is 0.0202. The monoisotopic (exact) mass is 1170 g/mol. The molecule has 3 N–H and O–H groups in total. The van der Waals surface area contributed by atoms with E-state index >= 15 is 0 Å². The molecule has 0 amide bonds. The number of carbonyl (C=O) groups is 4. The van der Waals surface area contributed by atoms with Gasteiger partial charge in [-0.2, -0.15) is 0 Å². The van der Waals surface area contributed by atoms with Gasteiger partial charge in [-0.05, 0) is 43.4 Å². The SMILES string of the molecule is CCCCCCCCCCC(=O)OC[C@H](COP(=O)(O)OC[C@H](O)COP(=O)(O)OC[C@@H](COC(=O)CCCCCCCCC(C)CC)OC(=O)CCCCCCCCCCC(C)CC)OC(=O)CCCCCCCCC(C)C. The average Bonchev–Trinajstić information content (AvgIpc) is 3.41. The second-order valence-corrected chi connectivity index (χ2v) is 25.6. The summed E-state index contributed by atoms with van der Waals surface area (Å²) < 4.78 is 67.7. The minimum absolute atomic E-state index is 0.101. The summed E-state index contributed by atoms with van der Waals surface area (Å²) >= 11 is 0. The lowest BCUT2D eigenvalue weighted by molar-refractivity contribution is -0.161. The van der Waals surface area contributed by atoms with Gasteiger partial charge in [0, 0.05) is 25.7 Å². The van der Waals surface area contributed by atoms with Crippen molar-refractivity contribution in [2.45, 2.75) is 304 Å². The van der Waals surface area contributed by atoms with Crippen LogP contribution in [0.5, 0.6) is 0 Å². The molecule has 0 aliphatic carbocycles. The number of phosphoric acid groups is 2. The number of esters is 4. The lowest BCUT2D eigenvalue weighted by Gasteiger charge is -2.21. The number of aliphatic hydroxyl groups is 1. The van der Waals surface area contributed by atoms with E-state index in [9.17, 15) is 43.2 Å². The summed E-state index contributed by atoms with van der Waals surface area (Å²) in [6.45, 7) is 11.6. The molecule has 0 saturated carbocycles. The molecule has 0 spiro atoms. The van der Waals surface area contributed by atoms with Crippen LogP contribution in [0.4, 0.5) is 0 Å². The molecular formula is C60H116O17P2. The maximum absolute atomic E-state index is 12.9. The number of unbranched alkanes of at least 4 members (excludes halogenated alkanes) is 24. The smallest absolute Gasteiger partial charge is 0.462 e. The van der Waals surface area contributed by atoms with Crippen LogP contribution in [0.1, 0.15) is 286 Å². The lowest BCUT2D eigenvalue weighted by Crippen LogP contribution is -2.30. The molecule has 0 heterocycles. The van der Waals surface area contributed by atoms with Gasteiger partial charge in [0.2, 0.25) is 0 Å². The lowest BCUT2D eigenvalue weighted by atomic mass is 9.99. The number of ether oxygens (including phenoxy) is 4. The molecule has 0 aliphatic heterocycles. The largest absolute Gasteiger partial charge is 0.472 e. The highest BCUT2D eigenvalue weighted by atomic mass is 31.2. The van der Waals surface area contributed by atoms with E-state index in [0.29, 0.717) is 31.6 Å². The van der Waals surface area contributed by atoms with Gasteiger partial charge in [-0.25, -0.2) is 9.13 Å². The molecule has 4 unspecified atom stereocenters. The summed E-state index contributed by atoms with van der Waals surface area (Å²) in [5, 5.41) is 10.5. The zero-order valence-electron chi connectivity index (χ0n) is 50.8. The number of aliphatic hydroxyl groups excluding tert-OH is 1. The highest BCUT2D eigenvalue weighted by molar-refractivity contribution is 7.47. The number of hydrogen-bond acceptors (Lipinski definition) is 15. The molecule has 0 rings (SSSR count). The van der Waals surface area contributed by atoms with E-state index in [2.05, 4.69) is 48.5 Å². The zero-order chi connectivity index (χ0) is 58.8. The first-order chi connectivity index (χ1) is 37.8. The fourth-order valence-corrected chi connectivity index (χ4v) is 10.3. The molecule has 0 aliphatic rings. The molecule has 19 heteroatoms. The minimum atomic E-state index is -4.94. The summed E-state index contributed by atoms with van der Waals surface area (Å²) in [6.07, 6.45) is 30.9. The maximum Gasteiger partial charge on any atom is 0.472 e. The Bertz CT molecular complexity index is 1580. The Morgan fingerprint density at radius 3 is 0.962 bits per heavy atom. The van der Waals surface area contributed by atoms with E-state index in [4.69, 9.17) is 37.0 Å². The first kappa shape index (κ1) is 77.1. The first-order valence-corrected chi connectivity index (χ1v) is 34.4. The fourth-order valence-electron chi connectivity index (χ4n) is 8.71. The summed E-state index contributed by atoms with van der Waals surface area (Å²) in [4.78, 5) is 71.9. The molecule has 17 nitrogen and oxygen atoms in total. The normalized spacial score (nSPS) is 15.2. The van der Waals surface area contributed by atoms with Gasteiger partial charge < -0.3 is 33.8 Å². The molecular weight excluding hydrogens is 1050 g/mol. The number of hydrogen-bond donors (Lipinski definition) is 3. The maximum atomic E-state index is 12.9. The van der Waals surface area contributed by atoms with Crippen LogP contribution in [-0.2, 0) is 65.4 Å². The van der Waals surface area contributed by atoms with Crippen molar-refractivity contribution in [3.05, 3.63) is 0 Å². The van der Waals surface area contributed by atoms with E-state index in [1.165, 1.54) is 83.5 Å². The van der Waals surface area contributed by atoms with Gasteiger partial charge in [0.25, 0.3) is 0 Å². The van der Waals surface area contributed by atoms with Crippen molar-refractivity contribution >= 4 is 39.5 Å². The minimum Gasteiger partial charge on any atom is -0.462 e. The van der Waals surface area contributed by atoms with E-state index in [1.54, 1.807) is 0 Å². The van der Waals surface area contributed by atoms with Gasteiger partial charge in [-0.1, -0.05) is 235 Å². The molecule has 0 aromatic carbocycles. The van der Waals surface area contributed by atoms with Gasteiger partial charge in [-0.15, -0.1) is 0 Å².